The summed E-state index contributed by atoms with van der Waals surface area (Å²) < 4.78 is 27.9. The predicted molar refractivity (Wildman–Crippen MR) is 44.5 cm³/mol. The van der Waals surface area contributed by atoms with Crippen LogP contribution in [0.5, 0.6) is 0 Å². The first-order chi connectivity index (χ1) is 5.48. The molecule has 0 atom stereocenters. The van der Waals surface area contributed by atoms with Crippen LogP contribution in [0.2, 0.25) is 0 Å². The molecule has 0 aromatic carbocycles. The van der Waals surface area contributed by atoms with Gasteiger partial charge in [0.05, 0.1) is 0 Å². The standard InChI is InChI=1S/C10H14F2/c1-7-8(2)10(12)5-3-9(7,11)4-6-10/h3-6H2,1-2H3. The lowest BCUT2D eigenvalue weighted by Crippen LogP contribution is -2.46. The van der Waals surface area contributed by atoms with Gasteiger partial charge in [-0.1, -0.05) is 0 Å². The van der Waals surface area contributed by atoms with Gasteiger partial charge in [-0.05, 0) is 50.7 Å². The third-order valence-corrected chi connectivity index (χ3v) is 3.74. The molecule has 2 heteroatoms. The minimum absolute atomic E-state index is 0.382. The maximum atomic E-state index is 13.9. The average molecular weight is 172 g/mol. The Kier molecular flexibility index (Phi) is 1.43. The first-order valence-electron chi connectivity index (χ1n) is 4.54. The molecule has 0 aliphatic heterocycles. The van der Waals surface area contributed by atoms with Gasteiger partial charge >= 0.3 is 0 Å². The summed E-state index contributed by atoms with van der Waals surface area (Å²) in [5, 5.41) is 0. The van der Waals surface area contributed by atoms with E-state index >= 15 is 0 Å². The van der Waals surface area contributed by atoms with Gasteiger partial charge in [0, 0.05) is 0 Å². The maximum absolute atomic E-state index is 13.9. The van der Waals surface area contributed by atoms with E-state index in [2.05, 4.69) is 0 Å². The van der Waals surface area contributed by atoms with Gasteiger partial charge in [-0.25, -0.2) is 8.78 Å². The lowest BCUT2D eigenvalue weighted by molar-refractivity contribution is 0.0292. The number of hydrogen-bond donors (Lipinski definition) is 0. The molecule has 0 aromatic rings. The maximum Gasteiger partial charge on any atom is 0.132 e. The van der Waals surface area contributed by atoms with E-state index in [0.29, 0.717) is 36.8 Å². The highest BCUT2D eigenvalue weighted by atomic mass is 19.1. The molecule has 0 unspecified atom stereocenters. The molecule has 0 saturated heterocycles. The van der Waals surface area contributed by atoms with Gasteiger partial charge in [0.2, 0.25) is 0 Å². The molecule has 3 rings (SSSR count). The topological polar surface area (TPSA) is 0 Å². The van der Waals surface area contributed by atoms with Crippen molar-refractivity contribution in [2.45, 2.75) is 50.9 Å². The third-order valence-electron chi connectivity index (χ3n) is 3.74. The second kappa shape index (κ2) is 2.09. The van der Waals surface area contributed by atoms with E-state index in [1.54, 1.807) is 13.8 Å². The molecule has 2 bridgehead atoms. The zero-order chi connectivity index (χ0) is 8.98. The summed E-state index contributed by atoms with van der Waals surface area (Å²) in [6, 6.07) is 0. The molecule has 0 nitrogen and oxygen atoms in total. The zero-order valence-electron chi connectivity index (χ0n) is 7.58. The fourth-order valence-electron chi connectivity index (χ4n) is 2.46. The normalized spacial score (nSPS) is 47.0. The van der Waals surface area contributed by atoms with Gasteiger partial charge in [0.25, 0.3) is 0 Å². The Hall–Kier alpha value is -0.400. The van der Waals surface area contributed by atoms with Gasteiger partial charge in [-0.3, -0.25) is 0 Å². The predicted octanol–water partition coefficient (Wildman–Crippen LogP) is 3.33. The van der Waals surface area contributed by atoms with E-state index in [4.69, 9.17) is 0 Å². The summed E-state index contributed by atoms with van der Waals surface area (Å²) in [6.45, 7) is 3.48. The average Bonchev–Trinajstić information content (AvgIpc) is 2.06. The van der Waals surface area contributed by atoms with Crippen LogP contribution in [-0.4, -0.2) is 11.3 Å². The van der Waals surface area contributed by atoms with E-state index < -0.39 is 11.3 Å². The van der Waals surface area contributed by atoms with Crippen molar-refractivity contribution >= 4 is 0 Å². The smallest absolute Gasteiger partial charge is 0.132 e. The van der Waals surface area contributed by atoms with E-state index in [-0.39, 0.29) is 0 Å². The van der Waals surface area contributed by atoms with Gasteiger partial charge < -0.3 is 0 Å². The first-order valence-corrected chi connectivity index (χ1v) is 4.54. The molecule has 0 radical (unpaired) electrons. The van der Waals surface area contributed by atoms with Crippen molar-refractivity contribution in [3.05, 3.63) is 11.1 Å². The number of allylic oxidation sites excluding steroid dienone is 2. The number of fused-ring (bicyclic) bond motifs is 2. The van der Waals surface area contributed by atoms with Crippen molar-refractivity contribution in [2.24, 2.45) is 0 Å². The van der Waals surface area contributed by atoms with Crippen molar-refractivity contribution < 1.29 is 8.78 Å². The Morgan fingerprint density at radius 1 is 0.833 bits per heavy atom. The minimum atomic E-state index is -1.17. The second-order valence-corrected chi connectivity index (χ2v) is 4.18. The minimum Gasteiger partial charge on any atom is -0.239 e. The number of rotatable bonds is 0. The van der Waals surface area contributed by atoms with Crippen LogP contribution in [0, 0.1) is 0 Å². The number of hydrogen-bond acceptors (Lipinski definition) is 0. The highest BCUT2D eigenvalue weighted by molar-refractivity contribution is 5.35. The lowest BCUT2D eigenvalue weighted by atomic mass is 9.64. The first kappa shape index (κ1) is 8.21. The summed E-state index contributed by atoms with van der Waals surface area (Å²) in [5.74, 6) is 0. The highest BCUT2D eigenvalue weighted by Gasteiger charge is 2.51. The Morgan fingerprint density at radius 2 is 1.08 bits per heavy atom. The van der Waals surface area contributed by atoms with Crippen molar-refractivity contribution in [1.82, 2.24) is 0 Å². The van der Waals surface area contributed by atoms with Crippen LogP contribution >= 0.6 is 0 Å². The molecular weight excluding hydrogens is 158 g/mol. The van der Waals surface area contributed by atoms with Gasteiger partial charge in [0.15, 0.2) is 0 Å². The number of alkyl halides is 2. The van der Waals surface area contributed by atoms with E-state index in [1.807, 2.05) is 0 Å². The van der Waals surface area contributed by atoms with Crippen LogP contribution < -0.4 is 0 Å². The van der Waals surface area contributed by atoms with Gasteiger partial charge in [-0.15, -0.1) is 0 Å². The quantitative estimate of drug-likeness (QED) is 0.492. The van der Waals surface area contributed by atoms with Crippen molar-refractivity contribution in [1.29, 1.82) is 0 Å². The summed E-state index contributed by atoms with van der Waals surface area (Å²) in [7, 11) is 0. The van der Waals surface area contributed by atoms with Crippen LogP contribution in [0.15, 0.2) is 11.1 Å². The van der Waals surface area contributed by atoms with Gasteiger partial charge in [-0.2, -0.15) is 0 Å². The van der Waals surface area contributed by atoms with Crippen LogP contribution in [0.4, 0.5) is 8.78 Å². The molecule has 1 fully saturated rings. The molecule has 3 aliphatic rings. The Balaban J connectivity index is 2.52. The number of halogens is 2. The summed E-state index contributed by atoms with van der Waals surface area (Å²) in [4.78, 5) is 0. The summed E-state index contributed by atoms with van der Waals surface area (Å²) in [5.41, 5.74) is -1.03. The van der Waals surface area contributed by atoms with Crippen molar-refractivity contribution in [3.63, 3.8) is 0 Å². The van der Waals surface area contributed by atoms with Gasteiger partial charge in [0.1, 0.15) is 11.3 Å². The Labute approximate surface area is 71.7 Å². The molecule has 0 heterocycles. The molecule has 1 saturated carbocycles. The molecule has 3 aliphatic carbocycles. The lowest BCUT2D eigenvalue weighted by Gasteiger charge is -2.46. The van der Waals surface area contributed by atoms with E-state index in [1.165, 1.54) is 0 Å². The summed E-state index contributed by atoms with van der Waals surface area (Å²) >= 11 is 0. The van der Waals surface area contributed by atoms with Crippen LogP contribution in [-0.2, 0) is 0 Å². The molecule has 0 spiro atoms. The van der Waals surface area contributed by atoms with E-state index in [0.717, 1.165) is 0 Å². The monoisotopic (exact) mass is 172 g/mol. The highest BCUT2D eigenvalue weighted by Crippen LogP contribution is 2.53. The Bertz CT molecular complexity index is 219. The van der Waals surface area contributed by atoms with Crippen LogP contribution in [0.1, 0.15) is 39.5 Å². The molecule has 12 heavy (non-hydrogen) atoms. The van der Waals surface area contributed by atoms with Crippen molar-refractivity contribution in [2.75, 3.05) is 0 Å². The SMILES string of the molecule is CC1=C(C)C2(F)CCC1(F)CC2. The molecular formula is C10H14F2. The molecule has 0 aromatic heterocycles. The van der Waals surface area contributed by atoms with Crippen LogP contribution in [0.3, 0.4) is 0 Å². The van der Waals surface area contributed by atoms with E-state index in [9.17, 15) is 8.78 Å². The van der Waals surface area contributed by atoms with Crippen LogP contribution in [0.25, 0.3) is 0 Å². The van der Waals surface area contributed by atoms with Crippen molar-refractivity contribution in [3.8, 4) is 0 Å². The zero-order valence-corrected chi connectivity index (χ0v) is 7.58. The third kappa shape index (κ3) is 0.810. The Morgan fingerprint density at radius 3 is 1.33 bits per heavy atom. The fraction of sp³-hybridized carbons (Fsp3) is 0.800. The summed E-state index contributed by atoms with van der Waals surface area (Å²) in [6.07, 6.45) is 1.53. The molecule has 0 N–H and O–H groups in total. The second-order valence-electron chi connectivity index (χ2n) is 4.18. The largest absolute Gasteiger partial charge is 0.239 e. The fourth-order valence-corrected chi connectivity index (χ4v) is 2.46. The molecule has 0 amide bonds. The molecule has 68 valence electrons.